The molecular formula is C32H42N2O6Si. The Morgan fingerprint density at radius 1 is 1.10 bits per heavy atom. The molecule has 0 bridgehead atoms. The first-order valence-electron chi connectivity index (χ1n) is 14.4. The molecule has 0 saturated carbocycles. The van der Waals surface area contributed by atoms with Gasteiger partial charge >= 0.3 is 18.0 Å². The second-order valence-electron chi connectivity index (χ2n) is 12.2. The van der Waals surface area contributed by atoms with Gasteiger partial charge in [0.2, 0.25) is 0 Å². The van der Waals surface area contributed by atoms with Crippen molar-refractivity contribution in [3.63, 3.8) is 0 Å². The number of carboxylic acid groups (broad SMARTS) is 1. The van der Waals surface area contributed by atoms with Gasteiger partial charge in [0.1, 0.15) is 6.04 Å². The third-order valence-corrected chi connectivity index (χ3v) is 9.94. The fraction of sp³-hybridized carbons (Fsp3) is 0.469. The number of esters is 2. The maximum atomic E-state index is 14.4. The molecular weight excluding hydrogens is 536 g/mol. The quantitative estimate of drug-likeness (QED) is 0.208. The summed E-state index contributed by atoms with van der Waals surface area (Å²) >= 11 is 0. The van der Waals surface area contributed by atoms with E-state index in [2.05, 4.69) is 31.5 Å². The van der Waals surface area contributed by atoms with E-state index in [-0.39, 0.29) is 18.9 Å². The van der Waals surface area contributed by atoms with Crippen molar-refractivity contribution in [1.29, 1.82) is 0 Å². The molecule has 2 aliphatic heterocycles. The van der Waals surface area contributed by atoms with Crippen LogP contribution in [0.4, 0.5) is 4.79 Å². The van der Waals surface area contributed by atoms with Crippen LogP contribution in [-0.2, 0) is 19.1 Å². The lowest BCUT2D eigenvalue weighted by atomic mass is 9.67. The standard InChI is InChI=1S/C32H42N2O6Si/c1-5-18-32(26(23-16-19-33-20-17-23)29(35)39-21-22-41(2,3)4)30(36)40-28(25-14-10-7-11-15-25)27(34(32)31(37)38)24-12-8-6-9-13-24/h5-15,23,26-28,33H,1,16-22H2,2-4H3,(H,37,38). The van der Waals surface area contributed by atoms with Crippen molar-refractivity contribution in [3.8, 4) is 0 Å². The molecule has 41 heavy (non-hydrogen) atoms. The molecule has 2 fully saturated rings. The number of carbonyl (C=O) groups excluding carboxylic acids is 2. The monoisotopic (exact) mass is 578 g/mol. The fourth-order valence-electron chi connectivity index (χ4n) is 6.23. The zero-order chi connectivity index (χ0) is 29.6. The smallest absolute Gasteiger partial charge is 0.408 e. The van der Waals surface area contributed by atoms with Crippen LogP contribution in [0.3, 0.4) is 0 Å². The Bertz CT molecular complexity index is 1210. The molecule has 0 aromatic heterocycles. The summed E-state index contributed by atoms with van der Waals surface area (Å²) in [6, 6.07) is 18.2. The van der Waals surface area contributed by atoms with Crippen LogP contribution in [0.25, 0.3) is 0 Å². The van der Waals surface area contributed by atoms with E-state index < -0.39 is 49.7 Å². The van der Waals surface area contributed by atoms with Gasteiger partial charge in [-0.2, -0.15) is 0 Å². The van der Waals surface area contributed by atoms with Gasteiger partial charge in [-0.25, -0.2) is 9.59 Å². The molecule has 2 aromatic rings. The normalized spacial score (nSPS) is 24.3. The largest absolute Gasteiger partial charge is 0.466 e. The number of amides is 1. The van der Waals surface area contributed by atoms with Crippen LogP contribution in [0.2, 0.25) is 25.7 Å². The van der Waals surface area contributed by atoms with E-state index in [9.17, 15) is 19.5 Å². The molecule has 9 heteroatoms. The zero-order valence-electron chi connectivity index (χ0n) is 24.3. The molecule has 1 amide bonds. The third kappa shape index (κ3) is 6.57. The third-order valence-electron chi connectivity index (χ3n) is 8.23. The molecule has 2 heterocycles. The highest BCUT2D eigenvalue weighted by molar-refractivity contribution is 6.76. The predicted molar refractivity (Wildman–Crippen MR) is 160 cm³/mol. The van der Waals surface area contributed by atoms with Crippen LogP contribution >= 0.6 is 0 Å². The number of ether oxygens (including phenoxy) is 2. The molecule has 4 unspecified atom stereocenters. The van der Waals surface area contributed by atoms with Gasteiger partial charge in [-0.15, -0.1) is 6.58 Å². The number of hydrogen-bond donors (Lipinski definition) is 2. The molecule has 2 saturated heterocycles. The lowest BCUT2D eigenvalue weighted by Crippen LogP contribution is -2.69. The van der Waals surface area contributed by atoms with Gasteiger partial charge in [0, 0.05) is 14.5 Å². The molecule has 4 rings (SSSR count). The topological polar surface area (TPSA) is 105 Å². The Labute approximate surface area is 243 Å². The Morgan fingerprint density at radius 3 is 2.22 bits per heavy atom. The van der Waals surface area contributed by atoms with Gasteiger partial charge in [0.25, 0.3) is 0 Å². The summed E-state index contributed by atoms with van der Waals surface area (Å²) in [7, 11) is -1.52. The van der Waals surface area contributed by atoms with Crippen LogP contribution in [0.5, 0.6) is 0 Å². The van der Waals surface area contributed by atoms with Crippen molar-refractivity contribution in [2.24, 2.45) is 11.8 Å². The van der Waals surface area contributed by atoms with E-state index in [1.165, 1.54) is 11.0 Å². The first-order valence-corrected chi connectivity index (χ1v) is 18.1. The maximum absolute atomic E-state index is 14.4. The number of nitrogens with one attached hydrogen (secondary N) is 1. The van der Waals surface area contributed by atoms with E-state index in [0.29, 0.717) is 37.1 Å². The number of cyclic esters (lactones) is 1. The Kier molecular flexibility index (Phi) is 9.71. The Hall–Kier alpha value is -3.43. The summed E-state index contributed by atoms with van der Waals surface area (Å²) < 4.78 is 12.2. The van der Waals surface area contributed by atoms with Crippen LogP contribution < -0.4 is 5.32 Å². The molecule has 2 N–H and O–H groups in total. The van der Waals surface area contributed by atoms with Gasteiger partial charge < -0.3 is 19.9 Å². The Morgan fingerprint density at radius 2 is 1.68 bits per heavy atom. The van der Waals surface area contributed by atoms with Crippen molar-refractivity contribution < 1.29 is 29.0 Å². The molecule has 2 aliphatic rings. The highest BCUT2D eigenvalue weighted by atomic mass is 28.3. The number of benzene rings is 2. The lowest BCUT2D eigenvalue weighted by molar-refractivity contribution is -0.201. The SMILES string of the molecule is C=CCC1(C(C(=O)OCC[Si](C)(C)C)C2CCNCC2)C(=O)OC(c2ccccc2)C(c2ccccc2)N1C(=O)O. The summed E-state index contributed by atoms with van der Waals surface area (Å²) in [6.07, 6.45) is 0.437. The van der Waals surface area contributed by atoms with E-state index in [1.54, 1.807) is 0 Å². The fourth-order valence-corrected chi connectivity index (χ4v) is 6.94. The van der Waals surface area contributed by atoms with Crippen molar-refractivity contribution >= 4 is 26.1 Å². The van der Waals surface area contributed by atoms with Gasteiger partial charge in [0.15, 0.2) is 11.6 Å². The number of piperidine rings is 1. The average molecular weight is 579 g/mol. The first kappa shape index (κ1) is 30.5. The van der Waals surface area contributed by atoms with Gasteiger partial charge in [0.05, 0.1) is 12.5 Å². The summed E-state index contributed by atoms with van der Waals surface area (Å²) in [6.45, 7) is 12.0. The summed E-state index contributed by atoms with van der Waals surface area (Å²) in [5.41, 5.74) is -0.511. The van der Waals surface area contributed by atoms with Crippen LogP contribution in [-0.4, -0.2) is 61.3 Å². The summed E-state index contributed by atoms with van der Waals surface area (Å²) in [5.74, 6) is -2.64. The Balaban J connectivity index is 1.90. The van der Waals surface area contributed by atoms with E-state index in [1.807, 2.05) is 60.7 Å². The molecule has 0 aliphatic carbocycles. The molecule has 2 aromatic carbocycles. The molecule has 8 nitrogen and oxygen atoms in total. The van der Waals surface area contributed by atoms with Crippen LogP contribution in [0.1, 0.15) is 42.5 Å². The average Bonchev–Trinajstić information content (AvgIpc) is 2.95. The number of rotatable bonds is 10. The highest BCUT2D eigenvalue weighted by Crippen LogP contribution is 2.52. The lowest BCUT2D eigenvalue weighted by Gasteiger charge is -2.54. The highest BCUT2D eigenvalue weighted by Gasteiger charge is 2.64. The van der Waals surface area contributed by atoms with E-state index in [4.69, 9.17) is 9.47 Å². The molecule has 4 atom stereocenters. The van der Waals surface area contributed by atoms with Gasteiger partial charge in [-0.3, -0.25) is 9.69 Å². The number of hydrogen-bond acceptors (Lipinski definition) is 6. The molecule has 0 radical (unpaired) electrons. The number of morpholine rings is 1. The number of carbonyl (C=O) groups is 3. The first-order chi connectivity index (χ1) is 19.6. The molecule has 0 spiro atoms. The van der Waals surface area contributed by atoms with Gasteiger partial charge in [-0.1, -0.05) is 86.4 Å². The predicted octanol–water partition coefficient (Wildman–Crippen LogP) is 5.82. The summed E-state index contributed by atoms with van der Waals surface area (Å²) in [5, 5.41) is 14.3. The van der Waals surface area contributed by atoms with Crippen LogP contribution in [0, 0.1) is 11.8 Å². The minimum absolute atomic E-state index is 0.0826. The minimum Gasteiger partial charge on any atom is -0.466 e. The van der Waals surface area contributed by atoms with Crippen molar-refractivity contribution in [3.05, 3.63) is 84.4 Å². The van der Waals surface area contributed by atoms with Crippen molar-refractivity contribution in [1.82, 2.24) is 10.2 Å². The van der Waals surface area contributed by atoms with E-state index in [0.717, 1.165) is 6.04 Å². The van der Waals surface area contributed by atoms with Crippen molar-refractivity contribution in [2.75, 3.05) is 19.7 Å². The molecule has 220 valence electrons. The second-order valence-corrected chi connectivity index (χ2v) is 17.8. The second kappa shape index (κ2) is 13.0. The van der Waals surface area contributed by atoms with Crippen LogP contribution in [0.15, 0.2) is 73.3 Å². The number of nitrogens with zero attached hydrogens (tertiary/aromatic N) is 1. The minimum atomic E-state index is -1.85. The zero-order valence-corrected chi connectivity index (χ0v) is 25.3. The summed E-state index contributed by atoms with van der Waals surface area (Å²) in [4.78, 5) is 43.2. The van der Waals surface area contributed by atoms with Gasteiger partial charge in [-0.05, 0) is 49.0 Å². The maximum Gasteiger partial charge on any atom is 0.408 e. The van der Waals surface area contributed by atoms with Crippen molar-refractivity contribution in [2.45, 2.75) is 62.6 Å². The van der Waals surface area contributed by atoms with E-state index >= 15 is 0 Å².